The van der Waals surface area contributed by atoms with Crippen molar-refractivity contribution >= 4 is 11.6 Å². The molecule has 0 spiro atoms. The van der Waals surface area contributed by atoms with Crippen LogP contribution in [0.15, 0.2) is 24.3 Å². The van der Waals surface area contributed by atoms with E-state index in [1.807, 2.05) is 18.2 Å². The van der Waals surface area contributed by atoms with Gasteiger partial charge in [-0.2, -0.15) is 0 Å². The molecule has 1 aliphatic rings. The number of rotatable bonds is 2. The third kappa shape index (κ3) is 2.66. The van der Waals surface area contributed by atoms with Crippen LogP contribution in [0.4, 0.5) is 0 Å². The first-order valence-corrected chi connectivity index (χ1v) is 6.78. The SMILES string of the molecule is CC1(C)CCCCC1(O)Cc1cccc(Cl)c1. The summed E-state index contributed by atoms with van der Waals surface area (Å²) in [6.07, 6.45) is 5.06. The summed E-state index contributed by atoms with van der Waals surface area (Å²) >= 11 is 6.00. The minimum absolute atomic E-state index is 0.00638. The fourth-order valence-corrected chi connectivity index (χ4v) is 3.08. The Morgan fingerprint density at radius 3 is 2.59 bits per heavy atom. The molecule has 1 N–H and O–H groups in total. The number of halogens is 1. The van der Waals surface area contributed by atoms with Gasteiger partial charge in [0.2, 0.25) is 0 Å². The van der Waals surface area contributed by atoms with Crippen molar-refractivity contribution in [3.05, 3.63) is 34.9 Å². The van der Waals surface area contributed by atoms with Crippen LogP contribution in [0.3, 0.4) is 0 Å². The van der Waals surface area contributed by atoms with Crippen LogP contribution in [0.2, 0.25) is 5.02 Å². The highest BCUT2D eigenvalue weighted by molar-refractivity contribution is 6.30. The molecule has 2 heteroatoms. The highest BCUT2D eigenvalue weighted by Crippen LogP contribution is 2.45. The molecule has 1 fully saturated rings. The monoisotopic (exact) mass is 252 g/mol. The van der Waals surface area contributed by atoms with Crippen molar-refractivity contribution in [2.75, 3.05) is 0 Å². The summed E-state index contributed by atoms with van der Waals surface area (Å²) in [6, 6.07) is 7.84. The lowest BCUT2D eigenvalue weighted by Gasteiger charge is -2.46. The highest BCUT2D eigenvalue weighted by Gasteiger charge is 2.44. The maximum absolute atomic E-state index is 10.9. The lowest BCUT2D eigenvalue weighted by Crippen LogP contribution is -2.48. The van der Waals surface area contributed by atoms with Gasteiger partial charge in [-0.25, -0.2) is 0 Å². The Balaban J connectivity index is 2.21. The van der Waals surface area contributed by atoms with E-state index < -0.39 is 5.60 Å². The molecule has 17 heavy (non-hydrogen) atoms. The number of hydrogen-bond acceptors (Lipinski definition) is 1. The number of benzene rings is 1. The predicted molar refractivity (Wildman–Crippen MR) is 72.4 cm³/mol. The Morgan fingerprint density at radius 2 is 1.94 bits per heavy atom. The molecular weight excluding hydrogens is 232 g/mol. The summed E-state index contributed by atoms with van der Waals surface area (Å²) in [4.78, 5) is 0. The maximum atomic E-state index is 10.9. The van der Waals surface area contributed by atoms with Crippen LogP contribution in [0.25, 0.3) is 0 Å². The van der Waals surface area contributed by atoms with E-state index in [2.05, 4.69) is 19.9 Å². The summed E-state index contributed by atoms with van der Waals surface area (Å²) in [5.74, 6) is 0. The van der Waals surface area contributed by atoms with Crippen LogP contribution in [-0.2, 0) is 6.42 Å². The zero-order chi connectivity index (χ0) is 12.5. The van der Waals surface area contributed by atoms with Crippen molar-refractivity contribution in [1.82, 2.24) is 0 Å². The molecule has 0 bridgehead atoms. The molecule has 0 amide bonds. The predicted octanol–water partition coefficient (Wildman–Crippen LogP) is 4.21. The molecule has 1 atom stereocenters. The number of aliphatic hydroxyl groups is 1. The Bertz CT molecular complexity index is 400. The average molecular weight is 253 g/mol. The zero-order valence-electron chi connectivity index (χ0n) is 10.7. The van der Waals surface area contributed by atoms with E-state index in [0.717, 1.165) is 29.8 Å². The van der Waals surface area contributed by atoms with Crippen LogP contribution in [0.5, 0.6) is 0 Å². The van der Waals surface area contributed by atoms with Crippen LogP contribution < -0.4 is 0 Å². The minimum Gasteiger partial charge on any atom is -0.389 e. The Kier molecular flexibility index (Phi) is 3.51. The second kappa shape index (κ2) is 4.62. The molecule has 1 aromatic carbocycles. The minimum atomic E-state index is -0.587. The van der Waals surface area contributed by atoms with Gasteiger partial charge in [-0.05, 0) is 36.0 Å². The van der Waals surface area contributed by atoms with Gasteiger partial charge in [0.25, 0.3) is 0 Å². The molecule has 0 aliphatic heterocycles. The normalized spacial score (nSPS) is 28.0. The fourth-order valence-electron chi connectivity index (χ4n) is 2.87. The second-order valence-corrected chi connectivity index (χ2v) is 6.37. The van der Waals surface area contributed by atoms with E-state index in [1.54, 1.807) is 0 Å². The smallest absolute Gasteiger partial charge is 0.0738 e. The second-order valence-electron chi connectivity index (χ2n) is 5.93. The van der Waals surface area contributed by atoms with Crippen molar-refractivity contribution in [2.45, 2.75) is 51.6 Å². The van der Waals surface area contributed by atoms with Crippen molar-refractivity contribution in [2.24, 2.45) is 5.41 Å². The fraction of sp³-hybridized carbons (Fsp3) is 0.600. The first-order chi connectivity index (χ1) is 7.93. The molecule has 1 aliphatic carbocycles. The van der Waals surface area contributed by atoms with Crippen LogP contribution in [0, 0.1) is 5.41 Å². The molecule has 0 aromatic heterocycles. The van der Waals surface area contributed by atoms with Crippen LogP contribution in [0.1, 0.15) is 45.1 Å². The quantitative estimate of drug-likeness (QED) is 0.836. The summed E-state index contributed by atoms with van der Waals surface area (Å²) in [7, 11) is 0. The van der Waals surface area contributed by atoms with Gasteiger partial charge in [0, 0.05) is 11.4 Å². The third-order valence-corrected chi connectivity index (χ3v) is 4.52. The van der Waals surface area contributed by atoms with Crippen molar-refractivity contribution in [3.63, 3.8) is 0 Å². The molecular formula is C15H21ClO. The topological polar surface area (TPSA) is 20.2 Å². The summed E-state index contributed by atoms with van der Waals surface area (Å²) in [5.41, 5.74) is 0.540. The first kappa shape index (κ1) is 12.9. The van der Waals surface area contributed by atoms with Gasteiger partial charge < -0.3 is 5.11 Å². The first-order valence-electron chi connectivity index (χ1n) is 6.40. The Hall–Kier alpha value is -0.530. The molecule has 1 saturated carbocycles. The molecule has 0 radical (unpaired) electrons. The molecule has 1 nitrogen and oxygen atoms in total. The van der Waals surface area contributed by atoms with Crippen LogP contribution in [-0.4, -0.2) is 10.7 Å². The third-order valence-electron chi connectivity index (χ3n) is 4.29. The van der Waals surface area contributed by atoms with Crippen LogP contribution >= 0.6 is 11.6 Å². The Morgan fingerprint density at radius 1 is 1.24 bits per heavy atom. The van der Waals surface area contributed by atoms with Crippen molar-refractivity contribution < 1.29 is 5.11 Å². The molecule has 1 unspecified atom stereocenters. The number of hydrogen-bond donors (Lipinski definition) is 1. The standard InChI is InChI=1S/C15H21ClO/c1-14(2)8-3-4-9-15(14,17)11-12-6-5-7-13(16)10-12/h5-7,10,17H,3-4,8-9,11H2,1-2H3. The summed E-state index contributed by atoms with van der Waals surface area (Å²) in [5, 5.41) is 11.7. The van der Waals surface area contributed by atoms with E-state index in [9.17, 15) is 5.11 Å². The van der Waals surface area contributed by atoms with E-state index in [1.165, 1.54) is 6.42 Å². The molecule has 2 rings (SSSR count). The molecule has 1 aromatic rings. The van der Waals surface area contributed by atoms with Gasteiger partial charge in [-0.15, -0.1) is 0 Å². The lowest BCUT2D eigenvalue weighted by molar-refractivity contribution is -0.0958. The summed E-state index contributed by atoms with van der Waals surface area (Å²) in [6.45, 7) is 4.35. The van der Waals surface area contributed by atoms with Gasteiger partial charge in [0.15, 0.2) is 0 Å². The molecule has 94 valence electrons. The zero-order valence-corrected chi connectivity index (χ0v) is 11.4. The molecule has 0 heterocycles. The van der Waals surface area contributed by atoms with E-state index in [-0.39, 0.29) is 5.41 Å². The average Bonchev–Trinajstić information content (AvgIpc) is 2.23. The van der Waals surface area contributed by atoms with Gasteiger partial charge in [0.05, 0.1) is 5.60 Å². The summed E-state index contributed by atoms with van der Waals surface area (Å²) < 4.78 is 0. The molecule has 0 saturated heterocycles. The lowest BCUT2D eigenvalue weighted by atomic mass is 9.63. The van der Waals surface area contributed by atoms with E-state index in [4.69, 9.17) is 11.6 Å². The van der Waals surface area contributed by atoms with Gasteiger partial charge in [-0.3, -0.25) is 0 Å². The maximum Gasteiger partial charge on any atom is 0.0738 e. The Labute approximate surface area is 109 Å². The van der Waals surface area contributed by atoms with Crippen molar-refractivity contribution in [1.29, 1.82) is 0 Å². The highest BCUT2D eigenvalue weighted by atomic mass is 35.5. The van der Waals surface area contributed by atoms with Gasteiger partial charge >= 0.3 is 0 Å². The van der Waals surface area contributed by atoms with Gasteiger partial charge in [0.1, 0.15) is 0 Å². The van der Waals surface area contributed by atoms with E-state index >= 15 is 0 Å². The van der Waals surface area contributed by atoms with E-state index in [0.29, 0.717) is 6.42 Å². The largest absolute Gasteiger partial charge is 0.389 e. The van der Waals surface area contributed by atoms with Crippen molar-refractivity contribution in [3.8, 4) is 0 Å². The van der Waals surface area contributed by atoms with Gasteiger partial charge in [-0.1, -0.05) is 50.4 Å².